The van der Waals surface area contributed by atoms with Gasteiger partial charge in [0.05, 0.1) is 6.61 Å². The van der Waals surface area contributed by atoms with Crippen molar-refractivity contribution in [1.82, 2.24) is 4.98 Å². The first-order valence-corrected chi connectivity index (χ1v) is 7.58. The second-order valence-corrected chi connectivity index (χ2v) is 5.54. The number of nitrogens with zero attached hydrogens (tertiary/aromatic N) is 1. The van der Waals surface area contributed by atoms with Gasteiger partial charge in [0.25, 0.3) is 5.56 Å². The van der Waals surface area contributed by atoms with E-state index in [0.717, 1.165) is 22.3 Å². The summed E-state index contributed by atoms with van der Waals surface area (Å²) < 4.78 is 0. The monoisotopic (exact) mass is 316 g/mol. The molecule has 3 rings (SSSR count). The van der Waals surface area contributed by atoms with Crippen LogP contribution in [0.1, 0.15) is 16.8 Å². The molecule has 1 aromatic heterocycles. The number of nitriles is 1. The first kappa shape index (κ1) is 15.7. The van der Waals surface area contributed by atoms with E-state index >= 15 is 0 Å². The van der Waals surface area contributed by atoms with E-state index < -0.39 is 5.56 Å². The lowest BCUT2D eigenvalue weighted by Crippen LogP contribution is -2.13. The van der Waals surface area contributed by atoms with E-state index in [2.05, 4.69) is 4.98 Å². The topological polar surface area (TPSA) is 76.9 Å². The number of aliphatic hydroxyl groups is 1. The largest absolute Gasteiger partial charge is 0.392 e. The Morgan fingerprint density at radius 3 is 2.21 bits per heavy atom. The number of hydrogen-bond donors (Lipinski definition) is 2. The average Bonchev–Trinajstić information content (AvgIpc) is 2.61. The number of rotatable bonds is 3. The standard InChI is InChI=1S/C20H16N2O2/c1-13-10-18(19(11-21)20(24)22-13)17-9-5-4-8-16(17)15-7-3-2-6-14(15)12-23/h2-10,23H,12H2,1H3,(H,22,24). The normalized spacial score (nSPS) is 10.4. The Balaban J connectivity index is 2.34. The molecular weight excluding hydrogens is 300 g/mol. The fourth-order valence-corrected chi connectivity index (χ4v) is 2.89. The second kappa shape index (κ2) is 6.53. The second-order valence-electron chi connectivity index (χ2n) is 5.54. The molecule has 0 amide bonds. The Morgan fingerprint density at radius 2 is 1.58 bits per heavy atom. The van der Waals surface area contributed by atoms with E-state index in [1.165, 1.54) is 0 Å². The van der Waals surface area contributed by atoms with Crippen molar-refractivity contribution in [3.63, 3.8) is 0 Å². The van der Waals surface area contributed by atoms with Gasteiger partial charge in [0.15, 0.2) is 0 Å². The molecular formula is C20H16N2O2. The van der Waals surface area contributed by atoms with Crippen LogP contribution in [0.5, 0.6) is 0 Å². The van der Waals surface area contributed by atoms with Crippen molar-refractivity contribution in [3.8, 4) is 28.3 Å². The van der Waals surface area contributed by atoms with E-state index in [4.69, 9.17) is 0 Å². The zero-order valence-corrected chi connectivity index (χ0v) is 13.2. The summed E-state index contributed by atoms with van der Waals surface area (Å²) in [6.07, 6.45) is 0. The molecule has 4 nitrogen and oxygen atoms in total. The first-order valence-electron chi connectivity index (χ1n) is 7.58. The van der Waals surface area contributed by atoms with Crippen LogP contribution in [-0.4, -0.2) is 10.1 Å². The smallest absolute Gasteiger partial charge is 0.266 e. The van der Waals surface area contributed by atoms with Crippen LogP contribution in [-0.2, 0) is 6.61 Å². The van der Waals surface area contributed by atoms with Crippen molar-refractivity contribution in [2.45, 2.75) is 13.5 Å². The van der Waals surface area contributed by atoms with Crippen LogP contribution in [0.25, 0.3) is 22.3 Å². The van der Waals surface area contributed by atoms with E-state index in [1.807, 2.05) is 54.6 Å². The van der Waals surface area contributed by atoms with Crippen LogP contribution < -0.4 is 5.56 Å². The van der Waals surface area contributed by atoms with E-state index in [9.17, 15) is 15.2 Å². The van der Waals surface area contributed by atoms with Crippen molar-refractivity contribution >= 4 is 0 Å². The van der Waals surface area contributed by atoms with Gasteiger partial charge in [0, 0.05) is 11.3 Å². The molecule has 0 spiro atoms. The Morgan fingerprint density at radius 1 is 1.00 bits per heavy atom. The molecule has 2 aromatic carbocycles. The minimum Gasteiger partial charge on any atom is -0.392 e. The number of hydrogen-bond acceptors (Lipinski definition) is 3. The van der Waals surface area contributed by atoms with Crippen molar-refractivity contribution in [3.05, 3.63) is 81.8 Å². The van der Waals surface area contributed by atoms with E-state index in [1.54, 1.807) is 13.0 Å². The van der Waals surface area contributed by atoms with Gasteiger partial charge in [-0.15, -0.1) is 0 Å². The van der Waals surface area contributed by atoms with Crippen LogP contribution in [0, 0.1) is 18.3 Å². The summed E-state index contributed by atoms with van der Waals surface area (Å²) >= 11 is 0. The van der Waals surface area contributed by atoms with Gasteiger partial charge in [-0.2, -0.15) is 5.26 Å². The van der Waals surface area contributed by atoms with E-state index in [0.29, 0.717) is 11.3 Å². The number of nitrogens with one attached hydrogen (secondary N) is 1. The number of aromatic amines is 1. The average molecular weight is 316 g/mol. The lowest BCUT2D eigenvalue weighted by atomic mass is 9.90. The van der Waals surface area contributed by atoms with Crippen LogP contribution in [0.15, 0.2) is 59.4 Å². The first-order chi connectivity index (χ1) is 11.7. The lowest BCUT2D eigenvalue weighted by Gasteiger charge is -2.14. The molecule has 0 aliphatic rings. The molecule has 118 valence electrons. The Labute approximate surface area is 139 Å². The summed E-state index contributed by atoms with van der Waals surface area (Å²) in [4.78, 5) is 14.8. The molecule has 0 saturated carbocycles. The highest BCUT2D eigenvalue weighted by Crippen LogP contribution is 2.34. The van der Waals surface area contributed by atoms with Gasteiger partial charge in [0.2, 0.25) is 0 Å². The SMILES string of the molecule is Cc1cc(-c2ccccc2-c2ccccc2CO)c(C#N)c(=O)[nH]1. The molecule has 0 aliphatic carbocycles. The Kier molecular flexibility index (Phi) is 4.28. The molecule has 24 heavy (non-hydrogen) atoms. The molecule has 0 atom stereocenters. The summed E-state index contributed by atoms with van der Waals surface area (Å²) in [5.41, 5.74) is 4.35. The van der Waals surface area contributed by atoms with Gasteiger partial charge in [-0.25, -0.2) is 0 Å². The summed E-state index contributed by atoms with van der Waals surface area (Å²) in [6.45, 7) is 1.71. The summed E-state index contributed by atoms with van der Waals surface area (Å²) in [7, 11) is 0. The molecule has 1 heterocycles. The summed E-state index contributed by atoms with van der Waals surface area (Å²) in [6, 6.07) is 19.0. The maximum Gasteiger partial charge on any atom is 0.266 e. The van der Waals surface area contributed by atoms with Gasteiger partial charge in [0.1, 0.15) is 11.6 Å². The maximum absolute atomic E-state index is 12.1. The number of aromatic nitrogens is 1. The highest BCUT2D eigenvalue weighted by molar-refractivity contribution is 5.86. The minimum absolute atomic E-state index is 0.0793. The van der Waals surface area contributed by atoms with Crippen LogP contribution in [0.3, 0.4) is 0 Å². The minimum atomic E-state index is -0.391. The van der Waals surface area contributed by atoms with Crippen molar-refractivity contribution in [1.29, 1.82) is 5.26 Å². The molecule has 0 bridgehead atoms. The fourth-order valence-electron chi connectivity index (χ4n) is 2.89. The quantitative estimate of drug-likeness (QED) is 0.777. The number of benzene rings is 2. The molecule has 2 N–H and O–H groups in total. The molecule has 0 radical (unpaired) electrons. The van der Waals surface area contributed by atoms with Gasteiger partial charge < -0.3 is 10.1 Å². The third-order valence-electron chi connectivity index (χ3n) is 3.97. The third-order valence-corrected chi connectivity index (χ3v) is 3.97. The van der Waals surface area contributed by atoms with Crippen molar-refractivity contribution < 1.29 is 5.11 Å². The molecule has 0 aliphatic heterocycles. The Hall–Kier alpha value is -3.16. The highest BCUT2D eigenvalue weighted by atomic mass is 16.3. The predicted molar refractivity (Wildman–Crippen MR) is 93.3 cm³/mol. The predicted octanol–water partition coefficient (Wildman–Crippen LogP) is 3.38. The van der Waals surface area contributed by atoms with Gasteiger partial charge in [-0.1, -0.05) is 48.5 Å². The number of aryl methyl sites for hydroxylation is 1. The molecule has 3 aromatic rings. The number of aliphatic hydroxyl groups excluding tert-OH is 1. The molecule has 0 saturated heterocycles. The van der Waals surface area contributed by atoms with Crippen LogP contribution in [0.4, 0.5) is 0 Å². The van der Waals surface area contributed by atoms with Gasteiger partial charge >= 0.3 is 0 Å². The Bertz CT molecular complexity index is 997. The van der Waals surface area contributed by atoms with Gasteiger partial charge in [-0.05, 0) is 35.2 Å². The number of pyridine rings is 1. The number of H-pyrrole nitrogens is 1. The fraction of sp³-hybridized carbons (Fsp3) is 0.100. The van der Waals surface area contributed by atoms with Gasteiger partial charge in [-0.3, -0.25) is 4.79 Å². The molecule has 0 unspecified atom stereocenters. The van der Waals surface area contributed by atoms with Crippen LogP contribution in [0.2, 0.25) is 0 Å². The highest BCUT2D eigenvalue weighted by Gasteiger charge is 2.15. The van der Waals surface area contributed by atoms with Crippen molar-refractivity contribution in [2.24, 2.45) is 0 Å². The van der Waals surface area contributed by atoms with E-state index in [-0.39, 0.29) is 12.2 Å². The molecule has 0 fully saturated rings. The summed E-state index contributed by atoms with van der Waals surface area (Å²) in [5, 5.41) is 19.0. The molecule has 4 heteroatoms. The maximum atomic E-state index is 12.1. The van der Waals surface area contributed by atoms with Crippen molar-refractivity contribution in [2.75, 3.05) is 0 Å². The summed E-state index contributed by atoms with van der Waals surface area (Å²) in [5.74, 6) is 0. The zero-order valence-electron chi connectivity index (χ0n) is 13.2. The van der Waals surface area contributed by atoms with Crippen LogP contribution >= 0.6 is 0 Å². The zero-order chi connectivity index (χ0) is 17.1. The third kappa shape index (κ3) is 2.73. The lowest BCUT2D eigenvalue weighted by molar-refractivity contribution is 0.282.